The Kier molecular flexibility index (Phi) is 10.6. The molecule has 12 N–H and O–H groups in total. The van der Waals surface area contributed by atoms with Crippen molar-refractivity contribution in [3.05, 3.63) is 0 Å². The zero-order chi connectivity index (χ0) is 23.7. The monoisotopic (exact) mass is 448 g/mol. The third kappa shape index (κ3) is 8.63. The van der Waals surface area contributed by atoms with Crippen molar-refractivity contribution >= 4 is 23.7 Å². The minimum Gasteiger partial charge on any atom is -0.479 e. The van der Waals surface area contributed by atoms with Crippen molar-refractivity contribution in [2.24, 2.45) is 22.2 Å². The van der Waals surface area contributed by atoms with Crippen LogP contribution in [-0.4, -0.2) is 99.9 Å². The summed E-state index contributed by atoms with van der Waals surface area (Å²) < 4.78 is 5.15. The summed E-state index contributed by atoms with van der Waals surface area (Å²) in [6, 6.07) is -1.87. The van der Waals surface area contributed by atoms with Crippen molar-refractivity contribution in [2.45, 2.75) is 68.8 Å². The van der Waals surface area contributed by atoms with Gasteiger partial charge in [0.05, 0.1) is 12.1 Å². The number of carboxylic acid groups (broad SMARTS) is 1. The molecule has 0 aromatic heterocycles. The van der Waals surface area contributed by atoms with Gasteiger partial charge in [-0.15, -0.1) is 0 Å². The Labute approximate surface area is 178 Å². The van der Waals surface area contributed by atoms with E-state index in [1.807, 2.05) is 0 Å². The smallest absolute Gasteiger partial charge is 0.332 e. The van der Waals surface area contributed by atoms with Crippen LogP contribution in [-0.2, 0) is 19.1 Å². The van der Waals surface area contributed by atoms with Gasteiger partial charge in [0, 0.05) is 19.5 Å². The molecule has 1 heterocycles. The summed E-state index contributed by atoms with van der Waals surface area (Å²) in [5.41, 5.74) is 16.0. The molecule has 14 nitrogen and oxygen atoms in total. The van der Waals surface area contributed by atoms with Crippen LogP contribution in [0.2, 0.25) is 0 Å². The van der Waals surface area contributed by atoms with Gasteiger partial charge in [-0.05, 0) is 19.8 Å². The Morgan fingerprint density at radius 3 is 2.42 bits per heavy atom. The summed E-state index contributed by atoms with van der Waals surface area (Å²) in [6.45, 7) is 1.23. The van der Waals surface area contributed by atoms with Crippen LogP contribution in [0.4, 0.5) is 0 Å². The first-order chi connectivity index (χ1) is 14.4. The molecule has 7 atom stereocenters. The van der Waals surface area contributed by atoms with Crippen molar-refractivity contribution in [2.75, 3.05) is 13.1 Å². The van der Waals surface area contributed by atoms with E-state index in [1.54, 1.807) is 0 Å². The molecular formula is C17H32N6O8. The molecule has 1 saturated heterocycles. The van der Waals surface area contributed by atoms with Gasteiger partial charge in [-0.2, -0.15) is 0 Å². The van der Waals surface area contributed by atoms with Crippen LogP contribution in [0, 0.1) is 0 Å². The van der Waals surface area contributed by atoms with Gasteiger partial charge in [-0.1, -0.05) is 0 Å². The average molecular weight is 448 g/mol. The maximum atomic E-state index is 12.5. The quantitative estimate of drug-likeness (QED) is 0.0824. The Hall–Kier alpha value is -2.52. The van der Waals surface area contributed by atoms with Crippen LogP contribution in [0.3, 0.4) is 0 Å². The second-order valence-electron chi connectivity index (χ2n) is 7.33. The summed E-state index contributed by atoms with van der Waals surface area (Å²) in [5.74, 6) is -2.69. The first-order valence-corrected chi connectivity index (χ1v) is 9.75. The van der Waals surface area contributed by atoms with E-state index in [0.717, 1.165) is 0 Å². The zero-order valence-electron chi connectivity index (χ0n) is 17.2. The van der Waals surface area contributed by atoms with Gasteiger partial charge < -0.3 is 53.0 Å². The van der Waals surface area contributed by atoms with E-state index in [2.05, 4.69) is 15.6 Å². The highest BCUT2D eigenvalue weighted by atomic mass is 16.5. The third-order valence-electron chi connectivity index (χ3n) is 4.64. The van der Waals surface area contributed by atoms with Gasteiger partial charge in [-0.25, -0.2) is 4.79 Å². The topological polar surface area (TPSA) is 256 Å². The SMILES string of the molecule is C[C@H](N)C(=O)N[C@@H](CCCN=C(N)N)C(=O)NC[C@@H](O)[C@H]1O[C@H](C(=O)O)C[C@@H](O)[C@H]1O. The molecular weight excluding hydrogens is 416 g/mol. The lowest BCUT2D eigenvalue weighted by Gasteiger charge is -2.37. The lowest BCUT2D eigenvalue weighted by Crippen LogP contribution is -2.58. The maximum absolute atomic E-state index is 12.5. The second kappa shape index (κ2) is 12.4. The summed E-state index contributed by atoms with van der Waals surface area (Å²) in [7, 11) is 0. The average Bonchev–Trinajstić information content (AvgIpc) is 2.69. The molecule has 31 heavy (non-hydrogen) atoms. The summed E-state index contributed by atoms with van der Waals surface area (Å²) in [6.07, 6.45) is -7.16. The highest BCUT2D eigenvalue weighted by Crippen LogP contribution is 2.23. The molecule has 0 spiro atoms. The van der Waals surface area contributed by atoms with Crippen LogP contribution < -0.4 is 27.8 Å². The minimum atomic E-state index is -1.55. The number of aliphatic imine (C=N–C) groups is 1. The molecule has 14 heteroatoms. The van der Waals surface area contributed by atoms with Crippen LogP contribution in [0.5, 0.6) is 0 Å². The molecule has 1 fully saturated rings. The van der Waals surface area contributed by atoms with Crippen molar-refractivity contribution in [1.29, 1.82) is 0 Å². The van der Waals surface area contributed by atoms with E-state index in [9.17, 15) is 29.7 Å². The number of carbonyl (C=O) groups is 3. The number of ether oxygens (including phenoxy) is 1. The molecule has 0 unspecified atom stereocenters. The highest BCUT2D eigenvalue weighted by molar-refractivity contribution is 5.89. The number of carbonyl (C=O) groups excluding carboxylic acids is 2. The molecule has 178 valence electrons. The number of amides is 2. The van der Waals surface area contributed by atoms with Gasteiger partial charge in [0.15, 0.2) is 12.1 Å². The summed E-state index contributed by atoms with van der Waals surface area (Å²) >= 11 is 0. The number of hydrogen-bond acceptors (Lipinski definition) is 9. The number of aliphatic hydroxyl groups is 3. The number of hydrogen-bond donors (Lipinski definition) is 9. The van der Waals surface area contributed by atoms with E-state index < -0.39 is 66.9 Å². The zero-order valence-corrected chi connectivity index (χ0v) is 17.2. The molecule has 0 aromatic carbocycles. The largest absolute Gasteiger partial charge is 0.479 e. The molecule has 2 amide bonds. The lowest BCUT2D eigenvalue weighted by atomic mass is 9.94. The van der Waals surface area contributed by atoms with Gasteiger partial charge in [0.25, 0.3) is 0 Å². The Morgan fingerprint density at radius 2 is 1.87 bits per heavy atom. The van der Waals surface area contributed by atoms with Gasteiger partial charge >= 0.3 is 5.97 Å². The van der Waals surface area contributed by atoms with E-state index >= 15 is 0 Å². The summed E-state index contributed by atoms with van der Waals surface area (Å²) in [4.78, 5) is 39.3. The van der Waals surface area contributed by atoms with Crippen molar-refractivity contribution in [3.8, 4) is 0 Å². The third-order valence-corrected chi connectivity index (χ3v) is 4.64. The molecule has 1 aliphatic rings. The predicted octanol–water partition coefficient (Wildman–Crippen LogP) is -4.69. The van der Waals surface area contributed by atoms with Gasteiger partial charge in [0.2, 0.25) is 11.8 Å². The molecule has 0 bridgehead atoms. The molecule has 1 rings (SSSR count). The molecule has 0 aromatic rings. The number of nitrogens with zero attached hydrogens (tertiary/aromatic N) is 1. The van der Waals surface area contributed by atoms with E-state index in [0.29, 0.717) is 6.42 Å². The summed E-state index contributed by atoms with van der Waals surface area (Å²) in [5, 5.41) is 44.0. The number of aliphatic hydroxyl groups excluding tert-OH is 3. The minimum absolute atomic E-state index is 0.114. The standard InChI is InChI=1S/C17H32N6O8/c1-7(18)14(27)23-8(3-2-4-21-17(19)20)15(28)22-6-10(25)13-12(26)9(24)5-11(31-13)16(29)30/h7-13,24-26H,2-6,18H2,1H3,(H,22,28)(H,23,27)(H,29,30)(H4,19,20,21)/t7-,8-,9+,10+,11-,12+,13+/m0/s1. The lowest BCUT2D eigenvalue weighted by molar-refractivity contribution is -0.208. The molecule has 1 aliphatic heterocycles. The fourth-order valence-corrected chi connectivity index (χ4v) is 2.90. The number of carboxylic acids is 1. The predicted molar refractivity (Wildman–Crippen MR) is 107 cm³/mol. The van der Waals surface area contributed by atoms with Crippen LogP contribution in [0.25, 0.3) is 0 Å². The number of aliphatic carboxylic acids is 1. The van der Waals surface area contributed by atoms with Gasteiger partial charge in [0.1, 0.15) is 24.4 Å². The normalized spacial score (nSPS) is 26.2. The number of guanidine groups is 1. The fourth-order valence-electron chi connectivity index (χ4n) is 2.90. The van der Waals surface area contributed by atoms with Crippen molar-refractivity contribution in [3.63, 3.8) is 0 Å². The van der Waals surface area contributed by atoms with Crippen molar-refractivity contribution < 1.29 is 39.5 Å². The van der Waals surface area contributed by atoms with E-state index in [4.69, 9.17) is 27.0 Å². The Balaban J connectivity index is 2.71. The first-order valence-electron chi connectivity index (χ1n) is 9.75. The van der Waals surface area contributed by atoms with Crippen LogP contribution in [0.15, 0.2) is 4.99 Å². The number of nitrogens with one attached hydrogen (secondary N) is 2. The van der Waals surface area contributed by atoms with Gasteiger partial charge in [-0.3, -0.25) is 14.6 Å². The highest BCUT2D eigenvalue weighted by Gasteiger charge is 2.43. The Bertz CT molecular complexity index is 657. The van der Waals surface area contributed by atoms with Crippen molar-refractivity contribution in [1.82, 2.24) is 10.6 Å². The Morgan fingerprint density at radius 1 is 1.23 bits per heavy atom. The number of nitrogens with two attached hydrogens (primary N) is 3. The maximum Gasteiger partial charge on any atom is 0.332 e. The fraction of sp³-hybridized carbons (Fsp3) is 0.765. The second-order valence-corrected chi connectivity index (χ2v) is 7.33. The molecule has 0 aliphatic carbocycles. The first kappa shape index (κ1) is 26.5. The van der Waals surface area contributed by atoms with Crippen LogP contribution in [0.1, 0.15) is 26.2 Å². The number of rotatable bonds is 11. The molecule has 0 saturated carbocycles. The molecule has 0 radical (unpaired) electrons. The van der Waals surface area contributed by atoms with Crippen LogP contribution >= 0.6 is 0 Å². The van der Waals surface area contributed by atoms with E-state index in [1.165, 1.54) is 6.92 Å². The van der Waals surface area contributed by atoms with E-state index in [-0.39, 0.29) is 25.3 Å².